The molecule has 2 heterocycles. The van der Waals surface area contributed by atoms with Crippen molar-refractivity contribution in [2.45, 2.75) is 6.92 Å². The van der Waals surface area contributed by atoms with Crippen molar-refractivity contribution in [3.05, 3.63) is 59.9 Å². The van der Waals surface area contributed by atoms with Crippen molar-refractivity contribution in [3.63, 3.8) is 0 Å². The van der Waals surface area contributed by atoms with Crippen LogP contribution in [-0.4, -0.2) is 26.3 Å². The maximum absolute atomic E-state index is 12.4. The van der Waals surface area contributed by atoms with Crippen molar-refractivity contribution in [2.24, 2.45) is 4.40 Å². The molecule has 2 aromatic rings. The van der Waals surface area contributed by atoms with Gasteiger partial charge in [-0.2, -0.15) is 8.42 Å². The Morgan fingerprint density at radius 2 is 1.87 bits per heavy atom. The molecule has 1 aliphatic heterocycles. The highest BCUT2D eigenvalue weighted by Gasteiger charge is 2.31. The third-order valence-corrected chi connectivity index (χ3v) is 4.92. The molecular weight excluding hydrogens is 314 g/mol. The van der Waals surface area contributed by atoms with E-state index in [4.69, 9.17) is 4.74 Å². The van der Waals surface area contributed by atoms with Gasteiger partial charge in [0.25, 0.3) is 10.0 Å². The molecule has 0 saturated carbocycles. The van der Waals surface area contributed by atoms with E-state index in [1.54, 1.807) is 62.8 Å². The van der Waals surface area contributed by atoms with Gasteiger partial charge in [-0.25, -0.2) is 0 Å². The van der Waals surface area contributed by atoms with Crippen molar-refractivity contribution in [1.29, 1.82) is 0 Å². The lowest BCUT2D eigenvalue weighted by atomic mass is 10.1. The molecule has 0 radical (unpaired) electrons. The van der Waals surface area contributed by atoms with Crippen molar-refractivity contribution < 1.29 is 13.2 Å². The number of aromatic nitrogens is 1. The van der Waals surface area contributed by atoms with E-state index < -0.39 is 10.0 Å². The predicted octanol–water partition coefficient (Wildman–Crippen LogP) is 2.68. The number of anilines is 1. The molecule has 0 aliphatic carbocycles. The zero-order chi connectivity index (χ0) is 16.4. The van der Waals surface area contributed by atoms with E-state index in [1.165, 1.54) is 0 Å². The third-order valence-electron chi connectivity index (χ3n) is 3.44. The van der Waals surface area contributed by atoms with Gasteiger partial charge in [-0.3, -0.25) is 4.98 Å². The molecule has 0 atom stereocenters. The molecule has 3 rings (SSSR count). The number of nitrogens with zero attached hydrogens (tertiary/aromatic N) is 2. The highest BCUT2D eigenvalue weighted by atomic mass is 32.2. The molecule has 1 N–H and O–H groups in total. The Morgan fingerprint density at radius 3 is 2.48 bits per heavy atom. The predicted molar refractivity (Wildman–Crippen MR) is 89.8 cm³/mol. The summed E-state index contributed by atoms with van der Waals surface area (Å²) in [6, 6.07) is 10.4. The van der Waals surface area contributed by atoms with Crippen LogP contribution in [0.2, 0.25) is 0 Å². The Labute approximate surface area is 134 Å². The van der Waals surface area contributed by atoms with Crippen LogP contribution in [0.15, 0.2) is 58.8 Å². The van der Waals surface area contributed by atoms with Gasteiger partial charge in [-0.05, 0) is 48.9 Å². The number of hydrogen-bond donors (Lipinski definition) is 1. The average Bonchev–Trinajstić information content (AvgIpc) is 2.77. The molecule has 0 spiro atoms. The fourth-order valence-electron chi connectivity index (χ4n) is 2.33. The van der Waals surface area contributed by atoms with E-state index in [1.807, 2.05) is 0 Å². The van der Waals surface area contributed by atoms with Crippen LogP contribution >= 0.6 is 0 Å². The van der Waals surface area contributed by atoms with E-state index >= 15 is 0 Å². The first-order valence-electron chi connectivity index (χ1n) is 6.89. The van der Waals surface area contributed by atoms with Crippen LogP contribution < -0.4 is 10.1 Å². The van der Waals surface area contributed by atoms with Gasteiger partial charge in [0.1, 0.15) is 16.5 Å². The summed E-state index contributed by atoms with van der Waals surface area (Å²) in [5, 5.41) is 2.99. The fraction of sp³-hybridized carbons (Fsp3) is 0.125. The highest BCUT2D eigenvalue weighted by molar-refractivity contribution is 8.00. The number of nitrogens with one attached hydrogen (secondary N) is 1. The molecule has 0 saturated heterocycles. The molecule has 1 aliphatic rings. The van der Waals surface area contributed by atoms with Crippen LogP contribution in [0, 0.1) is 0 Å². The lowest BCUT2D eigenvalue weighted by Crippen LogP contribution is -2.11. The summed E-state index contributed by atoms with van der Waals surface area (Å²) in [4.78, 5) is 4.19. The lowest BCUT2D eigenvalue weighted by Gasteiger charge is -2.07. The number of methoxy groups -OCH3 is 1. The van der Waals surface area contributed by atoms with Crippen LogP contribution in [0.4, 0.5) is 5.69 Å². The Balaban J connectivity index is 1.99. The van der Waals surface area contributed by atoms with E-state index in [0.717, 1.165) is 0 Å². The van der Waals surface area contributed by atoms with Gasteiger partial charge >= 0.3 is 0 Å². The van der Waals surface area contributed by atoms with Crippen LogP contribution in [0.25, 0.3) is 4.91 Å². The number of pyridine rings is 1. The summed E-state index contributed by atoms with van der Waals surface area (Å²) in [5.41, 5.74) is 1.82. The van der Waals surface area contributed by atoms with Gasteiger partial charge in [0, 0.05) is 11.8 Å². The van der Waals surface area contributed by atoms with E-state index in [2.05, 4.69) is 14.7 Å². The maximum Gasteiger partial charge on any atom is 0.285 e. The first-order valence-corrected chi connectivity index (χ1v) is 8.33. The summed E-state index contributed by atoms with van der Waals surface area (Å²) in [6.45, 7) is 1.73. The van der Waals surface area contributed by atoms with Gasteiger partial charge in [0.15, 0.2) is 0 Å². The van der Waals surface area contributed by atoms with Gasteiger partial charge in [0.2, 0.25) is 0 Å². The first kappa shape index (κ1) is 15.2. The Kier molecular flexibility index (Phi) is 3.87. The maximum atomic E-state index is 12.4. The largest absolute Gasteiger partial charge is 0.497 e. The van der Waals surface area contributed by atoms with Gasteiger partial charge in [-0.1, -0.05) is 0 Å². The minimum atomic E-state index is -3.73. The summed E-state index contributed by atoms with van der Waals surface area (Å²) in [7, 11) is -2.17. The SMILES string of the molecule is COc1ccc(C2=C(C)C(Nc3cccnc3)=NS2(=O)=O)cc1. The molecule has 118 valence electrons. The van der Waals surface area contributed by atoms with Crippen molar-refractivity contribution >= 4 is 26.5 Å². The highest BCUT2D eigenvalue weighted by Crippen LogP contribution is 2.33. The van der Waals surface area contributed by atoms with Gasteiger partial charge in [0.05, 0.1) is 19.0 Å². The van der Waals surface area contributed by atoms with Crippen molar-refractivity contribution in [3.8, 4) is 5.75 Å². The monoisotopic (exact) mass is 329 g/mol. The van der Waals surface area contributed by atoms with Crippen LogP contribution in [0.5, 0.6) is 5.75 Å². The van der Waals surface area contributed by atoms with Crippen LogP contribution in [-0.2, 0) is 10.0 Å². The molecular formula is C16H15N3O3S. The molecule has 0 amide bonds. The zero-order valence-electron chi connectivity index (χ0n) is 12.6. The van der Waals surface area contributed by atoms with Crippen molar-refractivity contribution in [2.75, 3.05) is 12.4 Å². The number of ether oxygens (including phenoxy) is 1. The second-order valence-corrected chi connectivity index (χ2v) is 6.51. The summed E-state index contributed by atoms with van der Waals surface area (Å²) in [5.74, 6) is 0.973. The summed E-state index contributed by atoms with van der Waals surface area (Å²) in [6.07, 6.45) is 3.25. The normalized spacial score (nSPS) is 16.2. The average molecular weight is 329 g/mol. The van der Waals surface area contributed by atoms with Gasteiger partial charge < -0.3 is 10.1 Å². The molecule has 1 aromatic carbocycles. The first-order chi connectivity index (χ1) is 11.0. The summed E-state index contributed by atoms with van der Waals surface area (Å²) < 4.78 is 33.7. The second-order valence-electron chi connectivity index (χ2n) is 4.96. The standard InChI is InChI=1S/C16H15N3O3S/c1-11-15(12-5-7-14(22-2)8-6-12)23(20,21)19-16(11)18-13-4-3-9-17-10-13/h3-10H,1-2H3,(H,18,19). The fourth-order valence-corrected chi connectivity index (χ4v) is 3.76. The third kappa shape index (κ3) is 2.95. The Bertz CT molecular complexity index is 886. The number of amidine groups is 1. The van der Waals surface area contributed by atoms with Crippen LogP contribution in [0.1, 0.15) is 12.5 Å². The minimum Gasteiger partial charge on any atom is -0.497 e. The quantitative estimate of drug-likeness (QED) is 0.936. The lowest BCUT2D eigenvalue weighted by molar-refractivity contribution is 0.415. The molecule has 1 aromatic heterocycles. The van der Waals surface area contributed by atoms with E-state index in [-0.39, 0.29) is 4.91 Å². The number of benzene rings is 1. The smallest absolute Gasteiger partial charge is 0.285 e. The molecule has 7 heteroatoms. The zero-order valence-corrected chi connectivity index (χ0v) is 13.5. The Morgan fingerprint density at radius 1 is 1.13 bits per heavy atom. The van der Waals surface area contributed by atoms with Crippen LogP contribution in [0.3, 0.4) is 0 Å². The molecule has 6 nitrogen and oxygen atoms in total. The molecule has 0 bridgehead atoms. The Hall–Kier alpha value is -2.67. The minimum absolute atomic E-state index is 0.201. The number of rotatable bonds is 3. The second kappa shape index (κ2) is 5.85. The van der Waals surface area contributed by atoms with E-state index in [9.17, 15) is 8.42 Å². The van der Waals surface area contributed by atoms with E-state index in [0.29, 0.717) is 28.4 Å². The summed E-state index contributed by atoms with van der Waals surface area (Å²) >= 11 is 0. The number of sulfonamides is 1. The molecule has 23 heavy (non-hydrogen) atoms. The topological polar surface area (TPSA) is 80.7 Å². The molecule has 0 unspecified atom stereocenters. The van der Waals surface area contributed by atoms with Crippen molar-refractivity contribution in [1.82, 2.24) is 4.98 Å². The molecule has 0 fully saturated rings. The number of hydrogen-bond acceptors (Lipinski definition) is 5. The van der Waals surface area contributed by atoms with Gasteiger partial charge in [-0.15, -0.1) is 4.40 Å².